The molecule has 3 atom stereocenters. The van der Waals surface area contributed by atoms with E-state index in [1.54, 1.807) is 20.3 Å². The fourth-order valence-electron chi connectivity index (χ4n) is 4.23. The molecule has 0 saturated carbocycles. The maximum atomic E-state index is 11.4. The van der Waals surface area contributed by atoms with Crippen molar-refractivity contribution in [2.45, 2.75) is 24.5 Å². The number of imidazole rings is 1. The van der Waals surface area contributed by atoms with Crippen molar-refractivity contribution in [3.63, 3.8) is 0 Å². The second-order valence-electron chi connectivity index (χ2n) is 8.09. The third kappa shape index (κ3) is 3.96. The summed E-state index contributed by atoms with van der Waals surface area (Å²) in [6.45, 7) is 0.777. The standard InChI is InChI=1S/C23H29N5O3/c1-27(2)10-9-19-21(29)20(23-25-17-7-5-6-8-18(17)26-23)22(24)28(19)14-11-15(30-3)13-16(12-14)31-4/h5-8,11-13,19-21,24,29H,9-10H2,1-4H3,(H,25,26). The second-order valence-corrected chi connectivity index (χ2v) is 8.09. The fourth-order valence-corrected chi connectivity index (χ4v) is 4.23. The van der Waals surface area contributed by atoms with Crippen LogP contribution in [0.1, 0.15) is 18.2 Å². The van der Waals surface area contributed by atoms with E-state index in [4.69, 9.17) is 14.9 Å². The van der Waals surface area contributed by atoms with Crippen LogP contribution < -0.4 is 14.4 Å². The Morgan fingerprint density at radius 3 is 2.42 bits per heavy atom. The number of amidine groups is 1. The van der Waals surface area contributed by atoms with E-state index in [1.807, 2.05) is 55.4 Å². The molecule has 4 rings (SSSR count). The number of hydrogen-bond acceptors (Lipinski definition) is 6. The summed E-state index contributed by atoms with van der Waals surface area (Å²) in [6.07, 6.45) is -0.0995. The third-order valence-corrected chi connectivity index (χ3v) is 5.81. The number of aromatic amines is 1. The predicted octanol–water partition coefficient (Wildman–Crippen LogP) is 2.84. The lowest BCUT2D eigenvalue weighted by molar-refractivity contribution is 0.141. The molecule has 8 nitrogen and oxygen atoms in total. The van der Waals surface area contributed by atoms with Crippen LogP contribution in [0.15, 0.2) is 42.5 Å². The zero-order valence-corrected chi connectivity index (χ0v) is 18.3. The normalized spacial score (nSPS) is 21.3. The summed E-state index contributed by atoms with van der Waals surface area (Å²) in [5, 5.41) is 20.4. The van der Waals surface area contributed by atoms with Gasteiger partial charge in [0.1, 0.15) is 29.1 Å². The Kier molecular flexibility index (Phi) is 5.84. The minimum atomic E-state index is -0.787. The predicted molar refractivity (Wildman–Crippen MR) is 122 cm³/mol. The smallest absolute Gasteiger partial charge is 0.124 e. The van der Waals surface area contributed by atoms with Gasteiger partial charge in [0.25, 0.3) is 0 Å². The first-order chi connectivity index (χ1) is 14.9. The van der Waals surface area contributed by atoms with Crippen LogP contribution in [0.25, 0.3) is 11.0 Å². The zero-order chi connectivity index (χ0) is 22.1. The van der Waals surface area contributed by atoms with E-state index in [0.717, 1.165) is 23.3 Å². The van der Waals surface area contributed by atoms with Crippen molar-refractivity contribution in [1.29, 1.82) is 5.41 Å². The molecular weight excluding hydrogens is 394 g/mol. The van der Waals surface area contributed by atoms with Crippen molar-refractivity contribution < 1.29 is 14.6 Å². The van der Waals surface area contributed by atoms with Gasteiger partial charge in [0, 0.05) is 23.9 Å². The van der Waals surface area contributed by atoms with E-state index in [-0.39, 0.29) is 6.04 Å². The van der Waals surface area contributed by atoms with Gasteiger partial charge in [-0.3, -0.25) is 5.41 Å². The van der Waals surface area contributed by atoms with Crippen LogP contribution in [0.5, 0.6) is 11.5 Å². The molecule has 31 heavy (non-hydrogen) atoms. The van der Waals surface area contributed by atoms with Gasteiger partial charge in [-0.25, -0.2) is 4.98 Å². The molecule has 1 aliphatic heterocycles. The molecule has 0 spiro atoms. The molecular formula is C23H29N5O3. The van der Waals surface area contributed by atoms with Crippen molar-refractivity contribution in [2.24, 2.45) is 0 Å². The lowest BCUT2D eigenvalue weighted by atomic mass is 9.98. The summed E-state index contributed by atoms with van der Waals surface area (Å²) in [5.74, 6) is 1.61. The SMILES string of the molecule is COc1cc(OC)cc(N2C(=N)C(c3nc4ccccc4[nH]3)C(O)C2CCN(C)C)c1. The molecule has 164 valence electrons. The summed E-state index contributed by atoms with van der Waals surface area (Å²) in [6, 6.07) is 13.0. The molecule has 0 bridgehead atoms. The molecule has 0 amide bonds. The van der Waals surface area contributed by atoms with Crippen molar-refractivity contribution in [2.75, 3.05) is 39.8 Å². The second kappa shape index (κ2) is 8.56. The molecule has 8 heteroatoms. The van der Waals surface area contributed by atoms with Crippen LogP contribution in [-0.4, -0.2) is 72.8 Å². The highest BCUT2D eigenvalue weighted by Gasteiger charge is 2.47. The number of aliphatic hydroxyl groups is 1. The Morgan fingerprint density at radius 2 is 1.81 bits per heavy atom. The Labute approximate surface area is 181 Å². The minimum Gasteiger partial charge on any atom is -0.497 e. The Bertz CT molecular complexity index is 1020. The third-order valence-electron chi connectivity index (χ3n) is 5.81. The van der Waals surface area contributed by atoms with Gasteiger partial charge >= 0.3 is 0 Å². The molecule has 2 aromatic carbocycles. The Morgan fingerprint density at radius 1 is 1.13 bits per heavy atom. The molecule has 3 aromatic rings. The Balaban J connectivity index is 1.77. The van der Waals surface area contributed by atoms with Crippen LogP contribution in [0, 0.1) is 5.41 Å². The summed E-state index contributed by atoms with van der Waals surface area (Å²) in [5.41, 5.74) is 2.47. The van der Waals surface area contributed by atoms with Gasteiger partial charge in [0.15, 0.2) is 0 Å². The average molecular weight is 424 g/mol. The zero-order valence-electron chi connectivity index (χ0n) is 18.3. The molecule has 1 fully saturated rings. The van der Waals surface area contributed by atoms with E-state index in [2.05, 4.69) is 14.9 Å². The van der Waals surface area contributed by atoms with Crippen molar-refractivity contribution in [3.8, 4) is 11.5 Å². The number of para-hydroxylation sites is 2. The quantitative estimate of drug-likeness (QED) is 0.541. The number of fused-ring (bicyclic) bond motifs is 1. The van der Waals surface area contributed by atoms with Gasteiger partial charge in [-0.2, -0.15) is 0 Å². The summed E-state index contributed by atoms with van der Waals surface area (Å²) < 4.78 is 10.9. The van der Waals surface area contributed by atoms with Crippen LogP contribution in [0.3, 0.4) is 0 Å². The first-order valence-corrected chi connectivity index (χ1v) is 10.3. The molecule has 1 aliphatic rings. The highest BCUT2D eigenvalue weighted by atomic mass is 16.5. The van der Waals surface area contributed by atoms with Gasteiger partial charge in [-0.05, 0) is 39.2 Å². The molecule has 1 saturated heterocycles. The number of aromatic nitrogens is 2. The number of nitrogens with one attached hydrogen (secondary N) is 2. The highest BCUT2D eigenvalue weighted by molar-refractivity contribution is 6.04. The number of benzene rings is 2. The summed E-state index contributed by atoms with van der Waals surface area (Å²) >= 11 is 0. The topological polar surface area (TPSA) is 97.7 Å². The number of methoxy groups -OCH3 is 2. The van der Waals surface area contributed by atoms with E-state index < -0.39 is 12.0 Å². The highest BCUT2D eigenvalue weighted by Crippen LogP contribution is 2.40. The average Bonchev–Trinajstić information content (AvgIpc) is 3.29. The first-order valence-electron chi connectivity index (χ1n) is 10.3. The number of aliphatic hydroxyl groups excluding tert-OH is 1. The lowest BCUT2D eigenvalue weighted by Crippen LogP contribution is -2.39. The van der Waals surface area contributed by atoms with Gasteiger partial charge in [-0.15, -0.1) is 0 Å². The fraction of sp³-hybridized carbons (Fsp3) is 0.391. The maximum absolute atomic E-state index is 11.4. The first kappa shape index (κ1) is 21.1. The lowest BCUT2D eigenvalue weighted by Gasteiger charge is -2.29. The van der Waals surface area contributed by atoms with E-state index in [0.29, 0.717) is 29.6 Å². The van der Waals surface area contributed by atoms with Crippen molar-refractivity contribution in [3.05, 3.63) is 48.3 Å². The van der Waals surface area contributed by atoms with Crippen LogP contribution >= 0.6 is 0 Å². The van der Waals surface area contributed by atoms with Crippen molar-refractivity contribution in [1.82, 2.24) is 14.9 Å². The van der Waals surface area contributed by atoms with E-state index >= 15 is 0 Å². The molecule has 3 unspecified atom stereocenters. The molecule has 3 N–H and O–H groups in total. The van der Waals surface area contributed by atoms with E-state index in [1.165, 1.54) is 0 Å². The van der Waals surface area contributed by atoms with Crippen LogP contribution in [-0.2, 0) is 0 Å². The number of hydrogen-bond donors (Lipinski definition) is 3. The molecule has 0 radical (unpaired) electrons. The number of rotatable bonds is 7. The summed E-state index contributed by atoms with van der Waals surface area (Å²) in [4.78, 5) is 11.9. The number of nitrogens with zero attached hydrogens (tertiary/aromatic N) is 3. The minimum absolute atomic E-state index is 0.287. The monoisotopic (exact) mass is 423 g/mol. The van der Waals surface area contributed by atoms with Crippen LogP contribution in [0.4, 0.5) is 5.69 Å². The Hall–Kier alpha value is -3.10. The maximum Gasteiger partial charge on any atom is 0.124 e. The van der Waals surface area contributed by atoms with Gasteiger partial charge < -0.3 is 29.4 Å². The number of ether oxygens (including phenoxy) is 2. The van der Waals surface area contributed by atoms with Crippen LogP contribution in [0.2, 0.25) is 0 Å². The van der Waals surface area contributed by atoms with Gasteiger partial charge in [0.05, 0.1) is 37.4 Å². The molecule has 0 aliphatic carbocycles. The largest absolute Gasteiger partial charge is 0.497 e. The number of H-pyrrole nitrogens is 1. The van der Waals surface area contributed by atoms with Gasteiger partial charge in [0.2, 0.25) is 0 Å². The summed E-state index contributed by atoms with van der Waals surface area (Å²) in [7, 11) is 7.21. The van der Waals surface area contributed by atoms with Gasteiger partial charge in [-0.1, -0.05) is 12.1 Å². The van der Waals surface area contributed by atoms with Crippen molar-refractivity contribution >= 4 is 22.6 Å². The number of anilines is 1. The molecule has 2 heterocycles. The van der Waals surface area contributed by atoms with E-state index in [9.17, 15) is 5.11 Å². The molecule has 1 aromatic heterocycles.